The first-order chi connectivity index (χ1) is 11.5. The van der Waals surface area contributed by atoms with E-state index >= 15 is 0 Å². The van der Waals surface area contributed by atoms with Crippen LogP contribution in [0.2, 0.25) is 10.0 Å². The molecule has 0 atom stereocenters. The average Bonchev–Trinajstić information content (AvgIpc) is 2.96. The zero-order valence-electron chi connectivity index (χ0n) is 13.1. The predicted octanol–water partition coefficient (Wildman–Crippen LogP) is 4.46. The SMILES string of the molecule is CCc1nc2c(OC)cccn2c1C(=O)Nc1cc(Cl)ccc1Cl. The van der Waals surface area contributed by atoms with Gasteiger partial charge in [0.05, 0.1) is 23.5 Å². The lowest BCUT2D eigenvalue weighted by Gasteiger charge is -2.09. The van der Waals surface area contributed by atoms with Crippen LogP contribution in [0.5, 0.6) is 5.75 Å². The molecule has 2 aromatic heterocycles. The van der Waals surface area contributed by atoms with Crippen LogP contribution in [-0.4, -0.2) is 22.4 Å². The molecule has 0 saturated carbocycles. The molecule has 0 aliphatic heterocycles. The topological polar surface area (TPSA) is 55.6 Å². The number of hydrogen-bond acceptors (Lipinski definition) is 3. The maximum Gasteiger partial charge on any atom is 0.274 e. The molecule has 24 heavy (non-hydrogen) atoms. The molecule has 124 valence electrons. The van der Waals surface area contributed by atoms with E-state index in [1.165, 1.54) is 0 Å². The number of benzene rings is 1. The van der Waals surface area contributed by atoms with Crippen LogP contribution in [0.15, 0.2) is 36.5 Å². The van der Waals surface area contributed by atoms with Gasteiger partial charge in [-0.05, 0) is 36.8 Å². The Balaban J connectivity index is 2.08. The normalized spacial score (nSPS) is 10.8. The summed E-state index contributed by atoms with van der Waals surface area (Å²) >= 11 is 12.1. The molecule has 1 aromatic carbocycles. The van der Waals surface area contributed by atoms with Crippen LogP contribution in [0, 0.1) is 0 Å². The number of amides is 1. The van der Waals surface area contributed by atoms with Gasteiger partial charge in [-0.3, -0.25) is 9.20 Å². The number of carbonyl (C=O) groups is 1. The quantitative estimate of drug-likeness (QED) is 0.744. The summed E-state index contributed by atoms with van der Waals surface area (Å²) in [5, 5.41) is 3.71. The Morgan fingerprint density at radius 1 is 1.33 bits per heavy atom. The molecule has 7 heteroatoms. The van der Waals surface area contributed by atoms with Crippen molar-refractivity contribution >= 4 is 40.4 Å². The Kier molecular flexibility index (Phi) is 4.64. The molecule has 3 aromatic rings. The lowest BCUT2D eigenvalue weighted by Crippen LogP contribution is -2.16. The summed E-state index contributed by atoms with van der Waals surface area (Å²) in [6, 6.07) is 8.51. The van der Waals surface area contributed by atoms with Gasteiger partial charge in [0, 0.05) is 11.2 Å². The van der Waals surface area contributed by atoms with E-state index in [0.717, 1.165) is 0 Å². The number of carbonyl (C=O) groups excluding carboxylic acids is 1. The Morgan fingerprint density at radius 2 is 2.12 bits per heavy atom. The molecule has 1 amide bonds. The summed E-state index contributed by atoms with van der Waals surface area (Å²) in [5.74, 6) is 0.295. The summed E-state index contributed by atoms with van der Waals surface area (Å²) < 4.78 is 7.03. The summed E-state index contributed by atoms with van der Waals surface area (Å²) in [5.41, 5.74) is 2.17. The third-order valence-electron chi connectivity index (χ3n) is 3.63. The van der Waals surface area contributed by atoms with Gasteiger partial charge in [-0.25, -0.2) is 4.98 Å². The van der Waals surface area contributed by atoms with Crippen molar-refractivity contribution in [2.45, 2.75) is 13.3 Å². The molecule has 0 aliphatic rings. The van der Waals surface area contributed by atoms with Crippen LogP contribution in [-0.2, 0) is 6.42 Å². The minimum atomic E-state index is -0.309. The summed E-state index contributed by atoms with van der Waals surface area (Å²) in [4.78, 5) is 17.3. The molecule has 1 N–H and O–H groups in total. The highest BCUT2D eigenvalue weighted by Crippen LogP contribution is 2.27. The summed E-state index contributed by atoms with van der Waals surface area (Å²) in [6.07, 6.45) is 2.38. The van der Waals surface area contributed by atoms with Crippen molar-refractivity contribution in [3.63, 3.8) is 0 Å². The van der Waals surface area contributed by atoms with Crippen LogP contribution in [0.4, 0.5) is 5.69 Å². The van der Waals surface area contributed by atoms with E-state index in [0.29, 0.717) is 44.9 Å². The molecule has 0 radical (unpaired) electrons. The van der Waals surface area contributed by atoms with Gasteiger partial charge in [0.1, 0.15) is 5.69 Å². The average molecular weight is 364 g/mol. The van der Waals surface area contributed by atoms with Crippen molar-refractivity contribution in [3.8, 4) is 5.75 Å². The van der Waals surface area contributed by atoms with Crippen LogP contribution in [0.1, 0.15) is 23.1 Å². The molecule has 0 spiro atoms. The monoisotopic (exact) mass is 363 g/mol. The molecular weight excluding hydrogens is 349 g/mol. The molecule has 0 fully saturated rings. The van der Waals surface area contributed by atoms with Gasteiger partial charge in [-0.15, -0.1) is 0 Å². The number of aryl methyl sites for hydroxylation is 1. The van der Waals surface area contributed by atoms with Gasteiger partial charge in [0.15, 0.2) is 11.4 Å². The fraction of sp³-hybridized carbons (Fsp3) is 0.176. The molecule has 2 heterocycles. The first-order valence-corrected chi connectivity index (χ1v) is 8.11. The molecule has 3 rings (SSSR count). The molecule has 0 aliphatic carbocycles. The number of anilines is 1. The van der Waals surface area contributed by atoms with E-state index in [9.17, 15) is 4.79 Å². The lowest BCUT2D eigenvalue weighted by atomic mass is 10.2. The van der Waals surface area contributed by atoms with E-state index < -0.39 is 0 Å². The third-order valence-corrected chi connectivity index (χ3v) is 4.20. The van der Waals surface area contributed by atoms with Gasteiger partial charge < -0.3 is 10.1 Å². The number of aromatic nitrogens is 2. The van der Waals surface area contributed by atoms with Crippen LogP contribution >= 0.6 is 23.2 Å². The highest BCUT2D eigenvalue weighted by molar-refractivity contribution is 6.35. The molecule has 0 saturated heterocycles. The highest BCUT2D eigenvalue weighted by atomic mass is 35.5. The molecular formula is C17H15Cl2N3O2. The summed E-state index contributed by atoms with van der Waals surface area (Å²) in [6.45, 7) is 1.94. The third kappa shape index (κ3) is 2.92. The zero-order valence-corrected chi connectivity index (χ0v) is 14.6. The van der Waals surface area contributed by atoms with Gasteiger partial charge in [0.2, 0.25) is 0 Å². The van der Waals surface area contributed by atoms with E-state index in [1.54, 1.807) is 48.0 Å². The molecule has 0 bridgehead atoms. The standard InChI is InChI=1S/C17H15Cl2N3O2/c1-3-12-15(22-8-4-5-14(24-2)16(22)20-12)17(23)21-13-9-10(18)6-7-11(13)19/h4-9H,3H2,1-2H3,(H,21,23). The van der Waals surface area contributed by atoms with Crippen molar-refractivity contribution in [2.75, 3.05) is 12.4 Å². The first kappa shape index (κ1) is 16.6. The number of halogens is 2. The summed E-state index contributed by atoms with van der Waals surface area (Å²) in [7, 11) is 1.57. The van der Waals surface area contributed by atoms with Crippen molar-refractivity contribution in [2.24, 2.45) is 0 Å². The lowest BCUT2D eigenvalue weighted by molar-refractivity contribution is 0.102. The second-order valence-electron chi connectivity index (χ2n) is 5.11. The van der Waals surface area contributed by atoms with Gasteiger partial charge in [0.25, 0.3) is 5.91 Å². The smallest absolute Gasteiger partial charge is 0.274 e. The fourth-order valence-corrected chi connectivity index (χ4v) is 2.85. The number of pyridine rings is 1. The van der Waals surface area contributed by atoms with Gasteiger partial charge in [-0.1, -0.05) is 30.1 Å². The Bertz CT molecular complexity index is 922. The van der Waals surface area contributed by atoms with E-state index in [4.69, 9.17) is 27.9 Å². The van der Waals surface area contributed by atoms with Gasteiger partial charge >= 0.3 is 0 Å². The number of rotatable bonds is 4. The maximum atomic E-state index is 12.8. The Morgan fingerprint density at radius 3 is 2.83 bits per heavy atom. The number of imidazole rings is 1. The number of methoxy groups -OCH3 is 1. The van der Waals surface area contributed by atoms with Crippen molar-refractivity contribution in [1.82, 2.24) is 9.38 Å². The van der Waals surface area contributed by atoms with Crippen molar-refractivity contribution in [1.29, 1.82) is 0 Å². The number of nitrogens with one attached hydrogen (secondary N) is 1. The van der Waals surface area contributed by atoms with Crippen LogP contribution in [0.3, 0.4) is 0 Å². The van der Waals surface area contributed by atoms with E-state index in [2.05, 4.69) is 10.3 Å². The second kappa shape index (κ2) is 6.71. The number of hydrogen-bond donors (Lipinski definition) is 1. The Labute approximate surface area is 149 Å². The maximum absolute atomic E-state index is 12.8. The van der Waals surface area contributed by atoms with Gasteiger partial charge in [-0.2, -0.15) is 0 Å². The fourth-order valence-electron chi connectivity index (χ4n) is 2.51. The molecule has 0 unspecified atom stereocenters. The first-order valence-electron chi connectivity index (χ1n) is 7.35. The Hall–Kier alpha value is -2.24. The van der Waals surface area contributed by atoms with E-state index in [1.807, 2.05) is 6.92 Å². The minimum absolute atomic E-state index is 0.309. The van der Waals surface area contributed by atoms with Crippen LogP contribution < -0.4 is 10.1 Å². The number of ether oxygens (including phenoxy) is 1. The van der Waals surface area contributed by atoms with Crippen LogP contribution in [0.25, 0.3) is 5.65 Å². The zero-order chi connectivity index (χ0) is 17.3. The van der Waals surface area contributed by atoms with Crippen molar-refractivity contribution < 1.29 is 9.53 Å². The minimum Gasteiger partial charge on any atom is -0.493 e. The number of fused-ring (bicyclic) bond motifs is 1. The van der Waals surface area contributed by atoms with E-state index in [-0.39, 0.29) is 5.91 Å². The molecule has 5 nitrogen and oxygen atoms in total. The van der Waals surface area contributed by atoms with Crippen molar-refractivity contribution in [3.05, 3.63) is 58.0 Å². The highest BCUT2D eigenvalue weighted by Gasteiger charge is 2.21. The largest absolute Gasteiger partial charge is 0.493 e. The second-order valence-corrected chi connectivity index (χ2v) is 5.95. The predicted molar refractivity (Wildman–Crippen MR) is 95.5 cm³/mol. The number of nitrogens with zero attached hydrogens (tertiary/aromatic N) is 2.